The van der Waals surface area contributed by atoms with E-state index in [2.05, 4.69) is 16.1 Å². The van der Waals surface area contributed by atoms with Gasteiger partial charge in [-0.2, -0.15) is 14.0 Å². The summed E-state index contributed by atoms with van der Waals surface area (Å²) >= 11 is 0. The number of benzene rings is 1. The standard InChI is InChI=1S/C15H18F2N2O2/c1-20-13-6-5-10(7-14(13)21-15(16)17)9-19-12-4-2-3-11(12)8-18/h5-7,11-12,15,19H,2-4,9H2,1H3. The number of ether oxygens (including phenoxy) is 2. The van der Waals surface area contributed by atoms with Gasteiger partial charge < -0.3 is 14.8 Å². The monoisotopic (exact) mass is 296 g/mol. The van der Waals surface area contributed by atoms with Gasteiger partial charge in [-0.25, -0.2) is 0 Å². The highest BCUT2D eigenvalue weighted by Gasteiger charge is 2.26. The van der Waals surface area contributed by atoms with Crippen molar-refractivity contribution in [3.8, 4) is 17.6 Å². The van der Waals surface area contributed by atoms with Crippen molar-refractivity contribution in [2.75, 3.05) is 7.11 Å². The van der Waals surface area contributed by atoms with Crippen molar-refractivity contribution < 1.29 is 18.3 Å². The molecule has 1 aliphatic rings. The first-order valence-corrected chi connectivity index (χ1v) is 6.88. The van der Waals surface area contributed by atoms with Crippen LogP contribution in [0.3, 0.4) is 0 Å². The average Bonchev–Trinajstić information content (AvgIpc) is 2.92. The number of halogens is 2. The topological polar surface area (TPSA) is 54.3 Å². The van der Waals surface area contributed by atoms with E-state index in [1.165, 1.54) is 13.2 Å². The maximum atomic E-state index is 12.4. The third-order valence-electron chi connectivity index (χ3n) is 3.69. The largest absolute Gasteiger partial charge is 0.493 e. The predicted octanol–water partition coefficient (Wildman–Crippen LogP) is 3.08. The number of hydrogen-bond donors (Lipinski definition) is 1. The molecule has 1 aromatic carbocycles. The zero-order chi connectivity index (χ0) is 15.2. The van der Waals surface area contributed by atoms with Crippen molar-refractivity contribution >= 4 is 0 Å². The molecule has 2 rings (SSSR count). The number of alkyl halides is 2. The molecule has 0 radical (unpaired) electrons. The lowest BCUT2D eigenvalue weighted by Crippen LogP contribution is -2.31. The lowest BCUT2D eigenvalue weighted by Gasteiger charge is -2.16. The molecule has 2 atom stereocenters. The molecule has 1 N–H and O–H groups in total. The van der Waals surface area contributed by atoms with Crippen LogP contribution in [0.2, 0.25) is 0 Å². The van der Waals surface area contributed by atoms with E-state index in [9.17, 15) is 8.78 Å². The van der Waals surface area contributed by atoms with Gasteiger partial charge in [0.25, 0.3) is 0 Å². The van der Waals surface area contributed by atoms with Gasteiger partial charge in [0.05, 0.1) is 19.1 Å². The summed E-state index contributed by atoms with van der Waals surface area (Å²) in [6.07, 6.45) is 2.92. The quantitative estimate of drug-likeness (QED) is 0.876. The molecule has 0 aromatic heterocycles. The highest BCUT2D eigenvalue weighted by Crippen LogP contribution is 2.30. The minimum absolute atomic E-state index is 0.0232. The van der Waals surface area contributed by atoms with Crippen molar-refractivity contribution in [1.29, 1.82) is 5.26 Å². The zero-order valence-corrected chi connectivity index (χ0v) is 11.8. The van der Waals surface area contributed by atoms with Gasteiger partial charge in [0, 0.05) is 12.6 Å². The van der Waals surface area contributed by atoms with Crippen LogP contribution >= 0.6 is 0 Å². The van der Waals surface area contributed by atoms with Gasteiger partial charge in [0.15, 0.2) is 11.5 Å². The van der Waals surface area contributed by atoms with Crippen molar-refractivity contribution in [3.05, 3.63) is 23.8 Å². The molecule has 114 valence electrons. The summed E-state index contributed by atoms with van der Waals surface area (Å²) in [7, 11) is 1.40. The van der Waals surface area contributed by atoms with Gasteiger partial charge in [-0.3, -0.25) is 0 Å². The highest BCUT2D eigenvalue weighted by molar-refractivity contribution is 5.43. The summed E-state index contributed by atoms with van der Waals surface area (Å²) in [5.41, 5.74) is 0.815. The molecule has 0 spiro atoms. The Balaban J connectivity index is 2.01. The zero-order valence-electron chi connectivity index (χ0n) is 11.8. The van der Waals surface area contributed by atoms with E-state index >= 15 is 0 Å². The number of rotatable bonds is 6. The van der Waals surface area contributed by atoms with Crippen LogP contribution < -0.4 is 14.8 Å². The Bertz CT molecular complexity index is 517. The number of hydrogen-bond acceptors (Lipinski definition) is 4. The smallest absolute Gasteiger partial charge is 0.387 e. The third-order valence-corrected chi connectivity index (χ3v) is 3.69. The second kappa shape index (κ2) is 7.23. The molecule has 1 saturated carbocycles. The van der Waals surface area contributed by atoms with Crippen molar-refractivity contribution in [3.63, 3.8) is 0 Å². The lowest BCUT2D eigenvalue weighted by atomic mass is 10.1. The number of nitriles is 1. The average molecular weight is 296 g/mol. The molecule has 6 heteroatoms. The predicted molar refractivity (Wildman–Crippen MR) is 73.2 cm³/mol. The summed E-state index contributed by atoms with van der Waals surface area (Å²) in [6, 6.07) is 7.39. The maximum absolute atomic E-state index is 12.4. The molecule has 21 heavy (non-hydrogen) atoms. The maximum Gasteiger partial charge on any atom is 0.387 e. The molecule has 1 aromatic rings. The minimum Gasteiger partial charge on any atom is -0.493 e. The van der Waals surface area contributed by atoms with Gasteiger partial charge >= 0.3 is 6.61 Å². The van der Waals surface area contributed by atoms with Gasteiger partial charge in [0.2, 0.25) is 0 Å². The first-order chi connectivity index (χ1) is 10.1. The number of methoxy groups -OCH3 is 1. The second-order valence-electron chi connectivity index (χ2n) is 5.02. The van der Waals surface area contributed by atoms with Crippen LogP contribution in [0.4, 0.5) is 8.78 Å². The van der Waals surface area contributed by atoms with Crippen LogP contribution in [0.1, 0.15) is 24.8 Å². The van der Waals surface area contributed by atoms with E-state index in [1.54, 1.807) is 12.1 Å². The summed E-state index contributed by atoms with van der Waals surface area (Å²) in [6.45, 7) is -2.38. The summed E-state index contributed by atoms with van der Waals surface area (Å²) in [5, 5.41) is 12.3. The second-order valence-corrected chi connectivity index (χ2v) is 5.02. The molecule has 0 bridgehead atoms. The van der Waals surface area contributed by atoms with Crippen molar-refractivity contribution in [2.24, 2.45) is 5.92 Å². The van der Waals surface area contributed by atoms with E-state index in [0.717, 1.165) is 24.8 Å². The Kier molecular flexibility index (Phi) is 5.34. The van der Waals surface area contributed by atoms with Crippen LogP contribution in [0.5, 0.6) is 11.5 Å². The molecule has 0 heterocycles. The molecule has 1 fully saturated rings. The molecule has 0 aliphatic heterocycles. The van der Waals surface area contributed by atoms with Gasteiger partial charge in [-0.05, 0) is 30.5 Å². The van der Waals surface area contributed by atoms with E-state index < -0.39 is 6.61 Å². The Morgan fingerprint density at radius 1 is 1.38 bits per heavy atom. The van der Waals surface area contributed by atoms with Crippen molar-refractivity contribution in [2.45, 2.75) is 38.5 Å². The Morgan fingerprint density at radius 3 is 2.86 bits per heavy atom. The van der Waals surface area contributed by atoms with Crippen molar-refractivity contribution in [1.82, 2.24) is 5.32 Å². The summed E-state index contributed by atoms with van der Waals surface area (Å²) < 4.78 is 34.2. The van der Waals surface area contributed by atoms with Gasteiger partial charge in [-0.15, -0.1) is 0 Å². The molecular formula is C15H18F2N2O2. The van der Waals surface area contributed by atoms with Crippen LogP contribution in [-0.2, 0) is 6.54 Å². The molecule has 4 nitrogen and oxygen atoms in total. The van der Waals surface area contributed by atoms with E-state index in [1.807, 2.05) is 0 Å². The van der Waals surface area contributed by atoms with E-state index in [0.29, 0.717) is 6.54 Å². The Morgan fingerprint density at radius 2 is 2.19 bits per heavy atom. The fraction of sp³-hybridized carbons (Fsp3) is 0.533. The van der Waals surface area contributed by atoms with Crippen LogP contribution in [0.25, 0.3) is 0 Å². The Hall–Kier alpha value is -1.87. The fourth-order valence-corrected chi connectivity index (χ4v) is 2.63. The molecule has 2 unspecified atom stereocenters. The Labute approximate surface area is 122 Å². The lowest BCUT2D eigenvalue weighted by molar-refractivity contribution is -0.0512. The van der Waals surface area contributed by atoms with E-state index in [4.69, 9.17) is 10.00 Å². The fourth-order valence-electron chi connectivity index (χ4n) is 2.63. The van der Waals surface area contributed by atoms with Crippen LogP contribution in [0, 0.1) is 17.2 Å². The highest BCUT2D eigenvalue weighted by atomic mass is 19.3. The molecule has 0 saturated heterocycles. The number of nitrogens with zero attached hydrogens (tertiary/aromatic N) is 1. The molecule has 1 aliphatic carbocycles. The van der Waals surface area contributed by atoms with Gasteiger partial charge in [-0.1, -0.05) is 12.5 Å². The SMILES string of the molecule is COc1ccc(CNC2CCCC2C#N)cc1OC(F)F. The summed E-state index contributed by atoms with van der Waals surface area (Å²) in [5.74, 6) is 0.324. The molecular weight excluding hydrogens is 278 g/mol. The molecule has 0 amide bonds. The first kappa shape index (κ1) is 15.5. The van der Waals surface area contributed by atoms with E-state index in [-0.39, 0.29) is 23.5 Å². The minimum atomic E-state index is -2.89. The first-order valence-electron chi connectivity index (χ1n) is 6.88. The van der Waals surface area contributed by atoms with Crippen LogP contribution in [0.15, 0.2) is 18.2 Å². The number of nitrogens with one attached hydrogen (secondary N) is 1. The van der Waals surface area contributed by atoms with Gasteiger partial charge in [0.1, 0.15) is 0 Å². The summed E-state index contributed by atoms with van der Waals surface area (Å²) in [4.78, 5) is 0. The normalized spacial score (nSPS) is 21.3. The van der Waals surface area contributed by atoms with Crippen LogP contribution in [-0.4, -0.2) is 19.8 Å². The third kappa shape index (κ3) is 4.05.